The molecule has 32 heavy (non-hydrogen) atoms. The number of allylic oxidation sites excluding steroid dienone is 2. The number of guanidine groups is 1. The van der Waals surface area contributed by atoms with Crippen molar-refractivity contribution in [1.29, 1.82) is 0 Å². The molecular weight excluding hydrogens is 432 g/mol. The number of hydrogen-bond donors (Lipinski definition) is 2. The molecule has 0 radical (unpaired) electrons. The largest absolute Gasteiger partial charge is 0.494 e. The van der Waals surface area contributed by atoms with Gasteiger partial charge in [0.15, 0.2) is 5.96 Å². The lowest BCUT2D eigenvalue weighted by atomic mass is 9.72. The number of aliphatic imine (C=N–C) groups is 1. The third kappa shape index (κ3) is 9.26. The molecule has 0 bridgehead atoms. The second-order valence-corrected chi connectivity index (χ2v) is 8.11. The lowest BCUT2D eigenvalue weighted by Gasteiger charge is -2.33. The summed E-state index contributed by atoms with van der Waals surface area (Å²) in [6.45, 7) is 1.16. The Balaban J connectivity index is 0.000000837. The number of halogens is 1. The van der Waals surface area contributed by atoms with Crippen LogP contribution in [0, 0.1) is 20.7 Å². The van der Waals surface area contributed by atoms with E-state index in [-0.39, 0.29) is 11.4 Å². The molecule has 2 aromatic carbocycles. The first-order valence-electron chi connectivity index (χ1n) is 10.3. The number of nitrogens with two attached hydrogens (primary N) is 2. The summed E-state index contributed by atoms with van der Waals surface area (Å²) in [4.78, 5) is 12.3. The normalized spacial score (nSPS) is 17.0. The van der Waals surface area contributed by atoms with E-state index in [1.807, 2.05) is 36.4 Å². The molecule has 2 aromatic rings. The number of nitrogens with zero attached hydrogens (tertiary/aromatic N) is 2. The highest BCUT2D eigenvalue weighted by Gasteiger charge is 2.29. The Morgan fingerprint density at radius 2 is 1.88 bits per heavy atom. The molecule has 1 aliphatic rings. The van der Waals surface area contributed by atoms with Gasteiger partial charge in [0, 0.05) is 5.02 Å². The van der Waals surface area contributed by atoms with Crippen molar-refractivity contribution in [2.45, 2.75) is 38.6 Å². The van der Waals surface area contributed by atoms with Gasteiger partial charge in [0.1, 0.15) is 5.75 Å². The Bertz CT molecular complexity index is 926. The Labute approximate surface area is 192 Å². The quantitative estimate of drug-likeness (QED) is 0.194. The van der Waals surface area contributed by atoms with Crippen molar-refractivity contribution < 1.29 is 9.82 Å². The van der Waals surface area contributed by atoms with E-state index in [1.165, 1.54) is 18.4 Å². The van der Waals surface area contributed by atoms with Gasteiger partial charge >= 0.3 is 0 Å². The summed E-state index contributed by atoms with van der Waals surface area (Å²) in [6.07, 6.45) is 10.2. The first-order chi connectivity index (χ1) is 15.3. The van der Waals surface area contributed by atoms with Crippen molar-refractivity contribution in [2.24, 2.45) is 21.9 Å². The molecule has 0 fully saturated rings. The van der Waals surface area contributed by atoms with E-state index in [1.54, 1.807) is 0 Å². The average molecular weight is 460 g/mol. The molecule has 0 aliphatic heterocycles. The summed E-state index contributed by atoms with van der Waals surface area (Å²) >= 11 is 6.18. The van der Waals surface area contributed by atoms with Crippen LogP contribution in [0.1, 0.15) is 36.8 Å². The minimum absolute atomic E-state index is 0.103. The van der Waals surface area contributed by atoms with E-state index in [0.29, 0.717) is 13.2 Å². The van der Waals surface area contributed by atoms with Crippen LogP contribution in [0.5, 0.6) is 5.75 Å². The molecule has 0 amide bonds. The van der Waals surface area contributed by atoms with E-state index in [4.69, 9.17) is 43.1 Å². The van der Waals surface area contributed by atoms with Crippen LogP contribution in [-0.2, 0) is 13.0 Å². The minimum atomic E-state index is -1.75. The van der Waals surface area contributed by atoms with Gasteiger partial charge in [-0.1, -0.05) is 48.0 Å². The number of ether oxygens (including phenoxy) is 1. The maximum Gasteiger partial charge on any atom is 0.186 e. The predicted molar refractivity (Wildman–Crippen MR) is 127 cm³/mol. The standard InChI is InChI=1S/C23H28ClN3O.NO3/c24-20-6-4-5-19(15-20)16-23(11-2-1-3-12-23)13-14-28-21-9-7-18(8-10-21)17-27-22(25)26;2-1(3)4/h2,4-11,15H,1,3,12-14,16-17H2,(H4,25,26,27);/q;-1. The van der Waals surface area contributed by atoms with Crippen LogP contribution in [0.2, 0.25) is 5.02 Å². The first-order valence-corrected chi connectivity index (χ1v) is 10.7. The molecule has 9 heteroatoms. The van der Waals surface area contributed by atoms with Gasteiger partial charge in [0.25, 0.3) is 0 Å². The van der Waals surface area contributed by atoms with Crippen molar-refractivity contribution >= 4 is 17.6 Å². The molecule has 3 rings (SSSR count). The first kappa shape index (κ1) is 25.0. The fourth-order valence-corrected chi connectivity index (χ4v) is 3.94. The second-order valence-electron chi connectivity index (χ2n) is 7.67. The molecule has 0 saturated carbocycles. The van der Waals surface area contributed by atoms with E-state index >= 15 is 0 Å². The van der Waals surface area contributed by atoms with Crippen LogP contribution >= 0.6 is 11.6 Å². The van der Waals surface area contributed by atoms with Gasteiger partial charge in [-0.05, 0) is 72.9 Å². The second kappa shape index (κ2) is 12.6. The predicted octanol–water partition coefficient (Wildman–Crippen LogP) is 4.61. The molecule has 1 atom stereocenters. The maximum atomic E-state index is 8.25. The lowest BCUT2D eigenvalue weighted by molar-refractivity contribution is -0.402. The molecule has 0 aromatic heterocycles. The number of benzene rings is 2. The smallest absolute Gasteiger partial charge is 0.186 e. The molecule has 4 N–H and O–H groups in total. The Morgan fingerprint density at radius 1 is 1.16 bits per heavy atom. The molecule has 1 unspecified atom stereocenters. The van der Waals surface area contributed by atoms with Crippen LogP contribution < -0.4 is 16.2 Å². The van der Waals surface area contributed by atoms with Gasteiger partial charge in [0.2, 0.25) is 0 Å². The highest BCUT2D eigenvalue weighted by molar-refractivity contribution is 6.30. The summed E-state index contributed by atoms with van der Waals surface area (Å²) in [5.41, 5.74) is 13.2. The zero-order valence-corrected chi connectivity index (χ0v) is 18.5. The highest BCUT2D eigenvalue weighted by Crippen LogP contribution is 2.38. The zero-order valence-electron chi connectivity index (χ0n) is 17.8. The Hall–Kier alpha value is -3.26. The summed E-state index contributed by atoms with van der Waals surface area (Å²) < 4.78 is 6.03. The van der Waals surface area contributed by atoms with Gasteiger partial charge in [-0.2, -0.15) is 0 Å². The molecule has 8 nitrogen and oxygen atoms in total. The van der Waals surface area contributed by atoms with Gasteiger partial charge < -0.3 is 31.5 Å². The van der Waals surface area contributed by atoms with Gasteiger partial charge in [0.05, 0.1) is 18.2 Å². The molecule has 0 heterocycles. The van der Waals surface area contributed by atoms with E-state index in [0.717, 1.165) is 35.6 Å². The van der Waals surface area contributed by atoms with Gasteiger partial charge in [-0.25, -0.2) is 4.99 Å². The van der Waals surface area contributed by atoms with Crippen molar-refractivity contribution in [2.75, 3.05) is 6.61 Å². The Morgan fingerprint density at radius 3 is 2.47 bits per heavy atom. The minimum Gasteiger partial charge on any atom is -0.494 e. The average Bonchev–Trinajstić information content (AvgIpc) is 2.73. The fourth-order valence-electron chi connectivity index (χ4n) is 3.73. The van der Waals surface area contributed by atoms with E-state index in [2.05, 4.69) is 29.3 Å². The van der Waals surface area contributed by atoms with Crippen molar-refractivity contribution in [3.63, 3.8) is 0 Å². The van der Waals surface area contributed by atoms with Crippen LogP contribution in [0.4, 0.5) is 0 Å². The van der Waals surface area contributed by atoms with Crippen LogP contribution in [-0.4, -0.2) is 17.7 Å². The molecule has 0 saturated heterocycles. The van der Waals surface area contributed by atoms with Crippen molar-refractivity contribution in [3.8, 4) is 5.75 Å². The summed E-state index contributed by atoms with van der Waals surface area (Å²) in [6, 6.07) is 16.1. The van der Waals surface area contributed by atoms with E-state index < -0.39 is 5.09 Å². The van der Waals surface area contributed by atoms with E-state index in [9.17, 15) is 0 Å². The summed E-state index contributed by atoms with van der Waals surface area (Å²) in [5.74, 6) is 0.969. The zero-order chi connectivity index (χ0) is 23.4. The number of hydrogen-bond acceptors (Lipinski definition) is 5. The van der Waals surface area contributed by atoms with Crippen LogP contribution in [0.15, 0.2) is 65.7 Å². The third-order valence-electron chi connectivity index (χ3n) is 5.20. The van der Waals surface area contributed by atoms with Crippen molar-refractivity contribution in [1.82, 2.24) is 0 Å². The lowest BCUT2D eigenvalue weighted by Crippen LogP contribution is -2.26. The monoisotopic (exact) mass is 459 g/mol. The molecule has 1 aliphatic carbocycles. The van der Waals surface area contributed by atoms with Crippen molar-refractivity contribution in [3.05, 3.63) is 92.2 Å². The topological polar surface area (TPSA) is 140 Å². The number of rotatable bonds is 8. The SMILES string of the molecule is NC(N)=NCc1ccc(OCCC2(Cc3cccc(Cl)c3)C=CCCC2)cc1.O=[N+]([O-])[O-]. The van der Waals surface area contributed by atoms with Crippen LogP contribution in [0.3, 0.4) is 0 Å². The summed E-state index contributed by atoms with van der Waals surface area (Å²) in [7, 11) is 0. The van der Waals surface area contributed by atoms with Gasteiger partial charge in [-0.15, -0.1) is 0 Å². The van der Waals surface area contributed by atoms with Crippen LogP contribution in [0.25, 0.3) is 0 Å². The maximum absolute atomic E-state index is 8.25. The fraction of sp³-hybridized carbons (Fsp3) is 0.348. The molecule has 0 spiro atoms. The summed E-state index contributed by atoms with van der Waals surface area (Å²) in [5, 5.41) is 15.5. The van der Waals surface area contributed by atoms with Gasteiger partial charge in [-0.3, -0.25) is 0 Å². The highest BCUT2D eigenvalue weighted by atomic mass is 35.5. The Kier molecular flexibility index (Phi) is 9.81. The molecule has 172 valence electrons. The third-order valence-corrected chi connectivity index (χ3v) is 5.43. The molecular formula is C23H28ClN4O4-.